The average Bonchev–Trinajstić information content (AvgIpc) is 2.21. The summed E-state index contributed by atoms with van der Waals surface area (Å²) in [6.07, 6.45) is 3.99. The van der Waals surface area contributed by atoms with Gasteiger partial charge in [-0.2, -0.15) is 20.4 Å². The van der Waals surface area contributed by atoms with Crippen LogP contribution in [0.4, 0.5) is 0 Å². The molecule has 0 aliphatic rings. The van der Waals surface area contributed by atoms with Gasteiger partial charge in [0.2, 0.25) is 0 Å². The molecule has 0 spiro atoms. The second kappa shape index (κ2) is 3.71. The molecule has 2 heterocycles. The van der Waals surface area contributed by atoms with E-state index in [1.54, 1.807) is 12.4 Å². The summed E-state index contributed by atoms with van der Waals surface area (Å²) in [5.41, 5.74) is 1.81. The van der Waals surface area contributed by atoms with Crippen LogP contribution in [0, 0.1) is 0 Å². The minimum atomic E-state index is 0.682. The lowest BCUT2D eigenvalue weighted by Gasteiger charge is -1.96. The molecule has 0 N–H and O–H groups in total. The van der Waals surface area contributed by atoms with Crippen molar-refractivity contribution in [2.75, 3.05) is 0 Å². The predicted octanol–water partition coefficient (Wildman–Crippen LogP) is 0.857. The van der Waals surface area contributed by atoms with Crippen molar-refractivity contribution in [2.24, 2.45) is 0 Å². The summed E-state index contributed by atoms with van der Waals surface area (Å²) >= 11 is 0. The van der Waals surface area contributed by atoms with Crippen LogP contribution in [0.5, 0.6) is 0 Å². The van der Waals surface area contributed by atoms with Gasteiger partial charge in [-0.1, -0.05) is 0 Å². The van der Waals surface area contributed by atoms with Crippen molar-refractivity contribution in [2.45, 2.75) is 6.42 Å². The summed E-state index contributed by atoms with van der Waals surface area (Å²) in [7, 11) is 0. The fourth-order valence-electron chi connectivity index (χ4n) is 1.04. The molecule has 0 saturated carbocycles. The monoisotopic (exact) mass is 172 g/mol. The lowest BCUT2D eigenvalue weighted by molar-refractivity contribution is 0.881. The first-order valence-corrected chi connectivity index (χ1v) is 3.98. The standard InChI is InChI=1S/C9H8N4/c1-3-8(12-10-5-1)7-9-4-2-6-11-13-9/h1-6H,7H2. The van der Waals surface area contributed by atoms with E-state index in [0.717, 1.165) is 11.4 Å². The highest BCUT2D eigenvalue weighted by Gasteiger charge is 1.97. The van der Waals surface area contributed by atoms with E-state index < -0.39 is 0 Å². The minimum absolute atomic E-state index is 0.682. The predicted molar refractivity (Wildman–Crippen MR) is 46.9 cm³/mol. The van der Waals surface area contributed by atoms with E-state index in [9.17, 15) is 0 Å². The highest BCUT2D eigenvalue weighted by molar-refractivity contribution is 5.11. The number of hydrogen-bond acceptors (Lipinski definition) is 4. The van der Waals surface area contributed by atoms with Crippen LogP contribution in [0.25, 0.3) is 0 Å². The van der Waals surface area contributed by atoms with E-state index in [2.05, 4.69) is 20.4 Å². The van der Waals surface area contributed by atoms with Crippen molar-refractivity contribution < 1.29 is 0 Å². The largest absolute Gasteiger partial charge is 0.159 e. The molecule has 0 aromatic carbocycles. The molecule has 0 fully saturated rings. The zero-order valence-electron chi connectivity index (χ0n) is 6.96. The number of aromatic nitrogens is 4. The first-order chi connectivity index (χ1) is 6.45. The maximum absolute atomic E-state index is 3.96. The Hall–Kier alpha value is -1.84. The number of rotatable bonds is 2. The molecular formula is C9H8N4. The zero-order valence-corrected chi connectivity index (χ0v) is 6.96. The second-order valence-electron chi connectivity index (χ2n) is 2.61. The molecule has 0 saturated heterocycles. The molecule has 2 rings (SSSR count). The van der Waals surface area contributed by atoms with E-state index in [1.165, 1.54) is 0 Å². The Labute approximate surface area is 75.7 Å². The molecule has 4 heteroatoms. The third-order valence-corrected chi connectivity index (χ3v) is 1.62. The first kappa shape index (κ1) is 7.79. The molecule has 64 valence electrons. The molecule has 0 aliphatic heterocycles. The fourth-order valence-corrected chi connectivity index (χ4v) is 1.04. The molecule has 0 atom stereocenters. The van der Waals surface area contributed by atoms with Gasteiger partial charge >= 0.3 is 0 Å². The lowest BCUT2D eigenvalue weighted by atomic mass is 10.2. The first-order valence-electron chi connectivity index (χ1n) is 3.98. The Morgan fingerprint density at radius 3 is 1.77 bits per heavy atom. The van der Waals surface area contributed by atoms with Gasteiger partial charge in [-0.25, -0.2) is 0 Å². The van der Waals surface area contributed by atoms with E-state index in [-0.39, 0.29) is 0 Å². The van der Waals surface area contributed by atoms with Crippen LogP contribution in [-0.2, 0) is 6.42 Å². The second-order valence-corrected chi connectivity index (χ2v) is 2.61. The van der Waals surface area contributed by atoms with Gasteiger partial charge in [0.1, 0.15) is 0 Å². The van der Waals surface area contributed by atoms with Crippen LogP contribution in [0.3, 0.4) is 0 Å². The SMILES string of the molecule is c1cnnc(Cc2cccnn2)c1. The van der Waals surface area contributed by atoms with E-state index in [1.807, 2.05) is 24.3 Å². The Morgan fingerprint density at radius 2 is 1.38 bits per heavy atom. The lowest BCUT2D eigenvalue weighted by Crippen LogP contribution is -1.96. The molecule has 0 amide bonds. The van der Waals surface area contributed by atoms with Crippen molar-refractivity contribution in [1.82, 2.24) is 20.4 Å². The van der Waals surface area contributed by atoms with E-state index in [4.69, 9.17) is 0 Å². The minimum Gasteiger partial charge on any atom is -0.159 e. The molecule has 13 heavy (non-hydrogen) atoms. The van der Waals surface area contributed by atoms with Crippen LogP contribution in [0.1, 0.15) is 11.4 Å². The van der Waals surface area contributed by atoms with Crippen molar-refractivity contribution in [1.29, 1.82) is 0 Å². The third kappa shape index (κ3) is 2.05. The van der Waals surface area contributed by atoms with Gasteiger partial charge in [0.15, 0.2) is 0 Å². The van der Waals surface area contributed by atoms with Crippen LogP contribution in [-0.4, -0.2) is 20.4 Å². The summed E-state index contributed by atoms with van der Waals surface area (Å²) in [5, 5.41) is 15.5. The highest BCUT2D eigenvalue weighted by Crippen LogP contribution is 2.00. The molecule has 0 unspecified atom stereocenters. The Bertz CT molecular complexity index is 322. The molecule has 2 aromatic rings. The summed E-state index contributed by atoms with van der Waals surface area (Å²) in [5.74, 6) is 0. The molecule has 0 radical (unpaired) electrons. The van der Waals surface area contributed by atoms with Crippen LogP contribution < -0.4 is 0 Å². The Morgan fingerprint density at radius 1 is 0.846 bits per heavy atom. The van der Waals surface area contributed by atoms with Crippen molar-refractivity contribution in [3.63, 3.8) is 0 Å². The topological polar surface area (TPSA) is 51.6 Å². The van der Waals surface area contributed by atoms with Gasteiger partial charge < -0.3 is 0 Å². The normalized spacial score (nSPS) is 9.85. The highest BCUT2D eigenvalue weighted by atomic mass is 15.1. The zero-order chi connectivity index (χ0) is 8.93. The summed E-state index contributed by atoms with van der Waals surface area (Å²) < 4.78 is 0. The smallest absolute Gasteiger partial charge is 0.0691 e. The van der Waals surface area contributed by atoms with Gasteiger partial charge in [0.05, 0.1) is 11.4 Å². The number of nitrogens with zero attached hydrogens (tertiary/aromatic N) is 4. The van der Waals surface area contributed by atoms with Gasteiger partial charge in [-0.15, -0.1) is 0 Å². The van der Waals surface area contributed by atoms with E-state index in [0.29, 0.717) is 6.42 Å². The van der Waals surface area contributed by atoms with Gasteiger partial charge in [-0.3, -0.25) is 0 Å². The Balaban J connectivity index is 2.16. The summed E-state index contributed by atoms with van der Waals surface area (Å²) in [4.78, 5) is 0. The van der Waals surface area contributed by atoms with Crippen molar-refractivity contribution in [3.05, 3.63) is 48.0 Å². The van der Waals surface area contributed by atoms with Crippen molar-refractivity contribution >= 4 is 0 Å². The average molecular weight is 172 g/mol. The summed E-state index contributed by atoms with van der Waals surface area (Å²) in [6.45, 7) is 0. The van der Waals surface area contributed by atoms with Gasteiger partial charge in [-0.05, 0) is 24.3 Å². The van der Waals surface area contributed by atoms with E-state index >= 15 is 0 Å². The van der Waals surface area contributed by atoms with Gasteiger partial charge in [0.25, 0.3) is 0 Å². The Kier molecular flexibility index (Phi) is 2.22. The van der Waals surface area contributed by atoms with Gasteiger partial charge in [0, 0.05) is 18.8 Å². The molecular weight excluding hydrogens is 164 g/mol. The number of hydrogen-bond donors (Lipinski definition) is 0. The summed E-state index contributed by atoms with van der Waals surface area (Å²) in [6, 6.07) is 7.56. The quantitative estimate of drug-likeness (QED) is 0.674. The van der Waals surface area contributed by atoms with Crippen molar-refractivity contribution in [3.8, 4) is 0 Å². The third-order valence-electron chi connectivity index (χ3n) is 1.62. The van der Waals surface area contributed by atoms with Crippen LogP contribution >= 0.6 is 0 Å². The maximum atomic E-state index is 3.96. The molecule has 4 nitrogen and oxygen atoms in total. The maximum Gasteiger partial charge on any atom is 0.0691 e. The fraction of sp³-hybridized carbons (Fsp3) is 0.111. The van der Waals surface area contributed by atoms with Crippen LogP contribution in [0.2, 0.25) is 0 Å². The molecule has 0 aliphatic carbocycles. The molecule has 2 aromatic heterocycles. The molecule has 0 bridgehead atoms. The van der Waals surface area contributed by atoms with Crippen LogP contribution in [0.15, 0.2) is 36.7 Å².